The van der Waals surface area contributed by atoms with Gasteiger partial charge in [0, 0.05) is 22.9 Å². The Hall–Kier alpha value is -4.24. The van der Waals surface area contributed by atoms with Gasteiger partial charge in [-0.05, 0) is 54.7 Å². The number of carbonyl (C=O) groups excluding carboxylic acids is 3. The van der Waals surface area contributed by atoms with E-state index in [-0.39, 0.29) is 17.7 Å². The number of aromatic nitrogens is 1. The zero-order valence-electron chi connectivity index (χ0n) is 22.6. The van der Waals surface area contributed by atoms with Crippen LogP contribution in [0.1, 0.15) is 57.5 Å². The maximum absolute atomic E-state index is 13.7. The molecule has 1 aliphatic rings. The molecule has 40 heavy (non-hydrogen) atoms. The molecule has 1 unspecified atom stereocenters. The molecule has 0 saturated heterocycles. The second kappa shape index (κ2) is 11.5. The van der Waals surface area contributed by atoms with E-state index < -0.39 is 23.9 Å². The van der Waals surface area contributed by atoms with Gasteiger partial charge in [-0.25, -0.2) is 9.59 Å². The molecule has 1 aliphatic carbocycles. The standard InChI is InChI=1S/C31H30N2O6S/c1-4-22(27(34)32-28-25(30(36)38-3)21-16-10-11-17-23(21)40-28)39-31(37)26-24(18-12-6-5-7-13-18)19-14-8-9-15-20(19)29(35)33(26)2/h5-9,12-15,22H,4,10-11,16-17H2,1-3H3,(H,32,34). The second-order valence-corrected chi connectivity index (χ2v) is 10.8. The minimum Gasteiger partial charge on any atom is -0.465 e. The van der Waals surface area contributed by atoms with Crippen LogP contribution in [0.4, 0.5) is 5.00 Å². The van der Waals surface area contributed by atoms with Crippen LogP contribution < -0.4 is 10.9 Å². The number of nitrogens with zero attached hydrogens (tertiary/aromatic N) is 1. The lowest BCUT2D eigenvalue weighted by molar-refractivity contribution is -0.124. The van der Waals surface area contributed by atoms with E-state index in [4.69, 9.17) is 9.47 Å². The molecule has 4 aromatic rings. The Bertz CT molecular complexity index is 1670. The lowest BCUT2D eigenvalue weighted by atomic mass is 9.95. The van der Waals surface area contributed by atoms with Crippen molar-refractivity contribution >= 4 is 45.0 Å². The van der Waals surface area contributed by atoms with Crippen molar-refractivity contribution in [1.82, 2.24) is 4.57 Å². The van der Waals surface area contributed by atoms with Crippen molar-refractivity contribution in [2.45, 2.75) is 45.1 Å². The van der Waals surface area contributed by atoms with Gasteiger partial charge < -0.3 is 19.4 Å². The highest BCUT2D eigenvalue weighted by Gasteiger charge is 2.31. The third-order valence-electron chi connectivity index (χ3n) is 7.27. The van der Waals surface area contributed by atoms with E-state index in [1.165, 1.54) is 30.1 Å². The number of hydrogen-bond acceptors (Lipinski definition) is 7. The van der Waals surface area contributed by atoms with E-state index in [1.54, 1.807) is 25.1 Å². The topological polar surface area (TPSA) is 104 Å². The van der Waals surface area contributed by atoms with Crippen molar-refractivity contribution in [1.29, 1.82) is 0 Å². The average Bonchev–Trinajstić information content (AvgIpc) is 3.35. The molecular formula is C31H30N2O6S. The van der Waals surface area contributed by atoms with Crippen molar-refractivity contribution < 1.29 is 23.9 Å². The number of carbonyl (C=O) groups is 3. The molecule has 1 atom stereocenters. The summed E-state index contributed by atoms with van der Waals surface area (Å²) in [6, 6.07) is 16.4. The number of rotatable bonds is 7. The summed E-state index contributed by atoms with van der Waals surface area (Å²) in [5.74, 6) is -1.84. The molecule has 1 amide bonds. The number of aryl methyl sites for hydroxylation is 1. The first kappa shape index (κ1) is 27.3. The van der Waals surface area contributed by atoms with Crippen molar-refractivity contribution in [3.8, 4) is 11.1 Å². The fraction of sp³-hybridized carbons (Fsp3) is 0.290. The van der Waals surface area contributed by atoms with Crippen molar-refractivity contribution in [3.05, 3.63) is 86.6 Å². The number of thiophene rings is 1. The molecule has 206 valence electrons. The fourth-order valence-electron chi connectivity index (χ4n) is 5.27. The highest BCUT2D eigenvalue weighted by atomic mass is 32.1. The van der Waals surface area contributed by atoms with Crippen LogP contribution in [0.5, 0.6) is 0 Å². The number of fused-ring (bicyclic) bond motifs is 2. The molecule has 0 saturated carbocycles. The fourth-order valence-corrected chi connectivity index (χ4v) is 6.55. The number of nitrogens with one attached hydrogen (secondary N) is 1. The third kappa shape index (κ3) is 4.93. The molecular weight excluding hydrogens is 528 g/mol. The normalized spacial score (nSPS) is 13.4. The molecule has 0 spiro atoms. The summed E-state index contributed by atoms with van der Waals surface area (Å²) < 4.78 is 12.1. The monoisotopic (exact) mass is 558 g/mol. The van der Waals surface area contributed by atoms with E-state index in [2.05, 4.69) is 5.32 Å². The Labute approximate surface area is 235 Å². The van der Waals surface area contributed by atoms with Gasteiger partial charge in [-0.2, -0.15) is 0 Å². The zero-order chi connectivity index (χ0) is 28.4. The Morgan fingerprint density at radius 1 is 0.975 bits per heavy atom. The molecule has 1 N–H and O–H groups in total. The summed E-state index contributed by atoms with van der Waals surface area (Å²) in [6.45, 7) is 1.73. The summed E-state index contributed by atoms with van der Waals surface area (Å²) >= 11 is 1.36. The zero-order valence-corrected chi connectivity index (χ0v) is 23.4. The highest BCUT2D eigenvalue weighted by molar-refractivity contribution is 7.17. The van der Waals surface area contributed by atoms with Crippen LogP contribution in [-0.4, -0.2) is 35.6 Å². The molecule has 8 nitrogen and oxygen atoms in total. The first-order valence-electron chi connectivity index (χ1n) is 13.3. The van der Waals surface area contributed by atoms with Crippen LogP contribution in [-0.2, 0) is 34.2 Å². The minimum absolute atomic E-state index is 0.0583. The van der Waals surface area contributed by atoms with Crippen LogP contribution >= 0.6 is 11.3 Å². The number of pyridine rings is 1. The second-order valence-electron chi connectivity index (χ2n) is 9.70. The number of benzene rings is 2. The molecule has 0 bridgehead atoms. The van der Waals surface area contributed by atoms with Gasteiger partial charge in [-0.1, -0.05) is 55.5 Å². The first-order chi connectivity index (χ1) is 19.3. The van der Waals surface area contributed by atoms with Crippen LogP contribution in [0.3, 0.4) is 0 Å². The van der Waals surface area contributed by atoms with Gasteiger partial charge in [0.05, 0.1) is 12.7 Å². The smallest absolute Gasteiger partial charge is 0.356 e. The number of methoxy groups -OCH3 is 1. The van der Waals surface area contributed by atoms with Crippen molar-refractivity contribution in [2.24, 2.45) is 7.05 Å². The summed E-state index contributed by atoms with van der Waals surface area (Å²) in [6.07, 6.45) is 2.61. The van der Waals surface area contributed by atoms with E-state index in [9.17, 15) is 19.2 Å². The summed E-state index contributed by atoms with van der Waals surface area (Å²) in [5.41, 5.74) is 2.31. The summed E-state index contributed by atoms with van der Waals surface area (Å²) in [5, 5.41) is 4.32. The SMILES string of the molecule is CCC(OC(=O)c1c(-c2ccccc2)c2ccccc2c(=O)n1C)C(=O)Nc1sc2c(c1C(=O)OC)CCCC2. The van der Waals surface area contributed by atoms with Gasteiger partial charge in [0.25, 0.3) is 11.5 Å². The van der Waals surface area contributed by atoms with Crippen molar-refractivity contribution in [3.63, 3.8) is 0 Å². The predicted octanol–water partition coefficient (Wildman–Crippen LogP) is 5.51. The quantitative estimate of drug-likeness (QED) is 0.300. The molecule has 2 aromatic carbocycles. The van der Waals surface area contributed by atoms with E-state index in [1.807, 2.05) is 36.4 Å². The van der Waals surface area contributed by atoms with Gasteiger partial charge >= 0.3 is 11.9 Å². The minimum atomic E-state index is -1.15. The Morgan fingerprint density at radius 2 is 1.65 bits per heavy atom. The Kier molecular flexibility index (Phi) is 7.84. The van der Waals surface area contributed by atoms with Gasteiger partial charge in [0.15, 0.2) is 6.10 Å². The lowest BCUT2D eigenvalue weighted by Gasteiger charge is -2.20. The Balaban J connectivity index is 1.50. The Morgan fingerprint density at radius 3 is 2.35 bits per heavy atom. The molecule has 2 heterocycles. The lowest BCUT2D eigenvalue weighted by Crippen LogP contribution is -2.34. The molecule has 9 heteroatoms. The molecule has 0 aliphatic heterocycles. The largest absolute Gasteiger partial charge is 0.465 e. The number of hydrogen-bond donors (Lipinski definition) is 1. The van der Waals surface area contributed by atoms with Crippen LogP contribution in [0.15, 0.2) is 59.4 Å². The maximum atomic E-state index is 13.7. The van der Waals surface area contributed by atoms with Gasteiger partial charge in [-0.3, -0.25) is 9.59 Å². The first-order valence-corrected chi connectivity index (χ1v) is 14.1. The average molecular weight is 559 g/mol. The predicted molar refractivity (Wildman–Crippen MR) is 155 cm³/mol. The summed E-state index contributed by atoms with van der Waals surface area (Å²) in [4.78, 5) is 54.0. The third-order valence-corrected chi connectivity index (χ3v) is 8.48. The number of esters is 2. The van der Waals surface area contributed by atoms with Crippen LogP contribution in [0.25, 0.3) is 21.9 Å². The van der Waals surface area contributed by atoms with Crippen LogP contribution in [0, 0.1) is 0 Å². The molecule has 0 fully saturated rings. The molecule has 5 rings (SSSR count). The summed E-state index contributed by atoms with van der Waals surface area (Å²) in [7, 11) is 2.84. The molecule has 0 radical (unpaired) electrons. The van der Waals surface area contributed by atoms with Gasteiger partial charge in [-0.15, -0.1) is 11.3 Å². The highest BCUT2D eigenvalue weighted by Crippen LogP contribution is 2.39. The molecule has 2 aromatic heterocycles. The van der Waals surface area contributed by atoms with Gasteiger partial charge in [0.2, 0.25) is 0 Å². The van der Waals surface area contributed by atoms with Gasteiger partial charge in [0.1, 0.15) is 10.7 Å². The van der Waals surface area contributed by atoms with E-state index in [0.717, 1.165) is 41.7 Å². The maximum Gasteiger partial charge on any atom is 0.356 e. The number of ether oxygens (including phenoxy) is 2. The number of amides is 1. The van der Waals surface area contributed by atoms with E-state index in [0.29, 0.717) is 26.9 Å². The van der Waals surface area contributed by atoms with E-state index >= 15 is 0 Å². The number of anilines is 1. The van der Waals surface area contributed by atoms with Crippen molar-refractivity contribution in [2.75, 3.05) is 12.4 Å². The van der Waals surface area contributed by atoms with Crippen LogP contribution in [0.2, 0.25) is 0 Å².